The molecule has 20 heavy (non-hydrogen) atoms. The predicted molar refractivity (Wildman–Crippen MR) is 83.1 cm³/mol. The lowest BCUT2D eigenvalue weighted by Gasteiger charge is -2.33. The standard InChI is InChI=1S/C18H27NO/c1-2-13-4-7-17(19)15(11-13)6-3-14-5-8-18-16(12-14)9-10-20-18/h5,8,12-13,15,17H,2-4,6-7,9-11,19H2,1H3. The van der Waals surface area contributed by atoms with E-state index in [1.807, 2.05) is 0 Å². The molecule has 1 heterocycles. The summed E-state index contributed by atoms with van der Waals surface area (Å²) in [4.78, 5) is 0. The van der Waals surface area contributed by atoms with Crippen LogP contribution in [-0.2, 0) is 12.8 Å². The Balaban J connectivity index is 1.58. The van der Waals surface area contributed by atoms with E-state index in [1.165, 1.54) is 49.7 Å². The fourth-order valence-electron chi connectivity index (χ4n) is 3.83. The molecule has 3 atom stereocenters. The van der Waals surface area contributed by atoms with E-state index in [0.29, 0.717) is 6.04 Å². The van der Waals surface area contributed by atoms with Gasteiger partial charge in [0.15, 0.2) is 0 Å². The monoisotopic (exact) mass is 273 g/mol. The summed E-state index contributed by atoms with van der Waals surface area (Å²) in [7, 11) is 0. The largest absolute Gasteiger partial charge is 0.493 e. The van der Waals surface area contributed by atoms with E-state index in [1.54, 1.807) is 0 Å². The van der Waals surface area contributed by atoms with Crippen LogP contribution in [0.1, 0.15) is 50.2 Å². The first-order chi connectivity index (χ1) is 9.76. The van der Waals surface area contributed by atoms with Crippen LogP contribution in [-0.4, -0.2) is 12.6 Å². The summed E-state index contributed by atoms with van der Waals surface area (Å²) in [6.45, 7) is 3.17. The highest BCUT2D eigenvalue weighted by atomic mass is 16.5. The first kappa shape index (κ1) is 13.9. The number of benzene rings is 1. The van der Waals surface area contributed by atoms with Crippen molar-refractivity contribution in [1.29, 1.82) is 0 Å². The molecule has 0 aromatic heterocycles. The average Bonchev–Trinajstić information content (AvgIpc) is 2.94. The molecular formula is C18H27NO. The van der Waals surface area contributed by atoms with Gasteiger partial charge in [0.05, 0.1) is 6.61 Å². The van der Waals surface area contributed by atoms with Gasteiger partial charge < -0.3 is 10.5 Å². The van der Waals surface area contributed by atoms with Crippen molar-refractivity contribution in [1.82, 2.24) is 0 Å². The molecule has 1 fully saturated rings. The third kappa shape index (κ3) is 3.01. The average molecular weight is 273 g/mol. The fraction of sp³-hybridized carbons (Fsp3) is 0.667. The molecule has 1 aliphatic carbocycles. The minimum absolute atomic E-state index is 0.426. The zero-order valence-electron chi connectivity index (χ0n) is 12.6. The summed E-state index contributed by atoms with van der Waals surface area (Å²) >= 11 is 0. The minimum atomic E-state index is 0.426. The Kier molecular flexibility index (Phi) is 4.30. The van der Waals surface area contributed by atoms with E-state index in [2.05, 4.69) is 25.1 Å². The van der Waals surface area contributed by atoms with Gasteiger partial charge in [0, 0.05) is 12.5 Å². The Hall–Kier alpha value is -1.02. The summed E-state index contributed by atoms with van der Waals surface area (Å²) in [5.74, 6) is 2.72. The molecule has 1 aromatic carbocycles. The van der Waals surface area contributed by atoms with Crippen molar-refractivity contribution in [3.63, 3.8) is 0 Å². The minimum Gasteiger partial charge on any atom is -0.493 e. The molecule has 1 aliphatic heterocycles. The van der Waals surface area contributed by atoms with E-state index >= 15 is 0 Å². The molecule has 110 valence electrons. The lowest BCUT2D eigenvalue weighted by atomic mass is 9.75. The molecule has 0 spiro atoms. The lowest BCUT2D eigenvalue weighted by Crippen LogP contribution is -2.36. The molecule has 2 aliphatic rings. The van der Waals surface area contributed by atoms with Crippen molar-refractivity contribution < 1.29 is 4.74 Å². The number of aryl methyl sites for hydroxylation is 1. The van der Waals surface area contributed by atoms with Crippen LogP contribution < -0.4 is 10.5 Å². The molecular weight excluding hydrogens is 246 g/mol. The maximum atomic E-state index is 6.33. The van der Waals surface area contributed by atoms with Crippen LogP contribution >= 0.6 is 0 Å². The van der Waals surface area contributed by atoms with Crippen molar-refractivity contribution in [2.24, 2.45) is 17.6 Å². The second kappa shape index (κ2) is 6.17. The summed E-state index contributed by atoms with van der Waals surface area (Å²) in [5, 5.41) is 0. The van der Waals surface area contributed by atoms with E-state index in [0.717, 1.165) is 30.6 Å². The Labute approximate surface area is 122 Å². The van der Waals surface area contributed by atoms with E-state index < -0.39 is 0 Å². The number of hydrogen-bond acceptors (Lipinski definition) is 2. The fourth-order valence-corrected chi connectivity index (χ4v) is 3.83. The van der Waals surface area contributed by atoms with Gasteiger partial charge in [0.1, 0.15) is 5.75 Å². The van der Waals surface area contributed by atoms with Crippen LogP contribution in [0.2, 0.25) is 0 Å². The van der Waals surface area contributed by atoms with Gasteiger partial charge >= 0.3 is 0 Å². The molecule has 2 nitrogen and oxygen atoms in total. The molecule has 2 heteroatoms. The van der Waals surface area contributed by atoms with Crippen molar-refractivity contribution in [2.45, 2.75) is 57.9 Å². The summed E-state index contributed by atoms with van der Waals surface area (Å²) in [5.41, 5.74) is 9.18. The zero-order valence-corrected chi connectivity index (χ0v) is 12.6. The van der Waals surface area contributed by atoms with Crippen LogP contribution in [0.15, 0.2) is 18.2 Å². The van der Waals surface area contributed by atoms with Crippen LogP contribution in [0.3, 0.4) is 0 Å². The highest BCUT2D eigenvalue weighted by Gasteiger charge is 2.26. The summed E-state index contributed by atoms with van der Waals surface area (Å²) in [6, 6.07) is 7.15. The molecule has 2 N–H and O–H groups in total. The molecule has 0 saturated heterocycles. The van der Waals surface area contributed by atoms with Gasteiger partial charge in [0.2, 0.25) is 0 Å². The number of rotatable bonds is 4. The summed E-state index contributed by atoms with van der Waals surface area (Å²) < 4.78 is 5.57. The van der Waals surface area contributed by atoms with Crippen LogP contribution in [0.5, 0.6) is 5.75 Å². The van der Waals surface area contributed by atoms with Crippen molar-refractivity contribution in [3.05, 3.63) is 29.3 Å². The van der Waals surface area contributed by atoms with Gasteiger partial charge in [-0.1, -0.05) is 25.5 Å². The predicted octanol–water partition coefficient (Wildman–Crippen LogP) is 3.71. The van der Waals surface area contributed by atoms with Gasteiger partial charge in [-0.3, -0.25) is 0 Å². The molecule has 1 saturated carbocycles. The highest BCUT2D eigenvalue weighted by Crippen LogP contribution is 2.33. The normalized spacial score (nSPS) is 29.0. The third-order valence-electron chi connectivity index (χ3n) is 5.28. The summed E-state index contributed by atoms with van der Waals surface area (Å²) in [6.07, 6.45) is 8.71. The molecule has 0 radical (unpaired) electrons. The second-order valence-corrected chi connectivity index (χ2v) is 6.59. The van der Waals surface area contributed by atoms with Gasteiger partial charge in [0.25, 0.3) is 0 Å². The van der Waals surface area contributed by atoms with Crippen molar-refractivity contribution in [2.75, 3.05) is 6.61 Å². The number of fused-ring (bicyclic) bond motifs is 1. The zero-order chi connectivity index (χ0) is 13.9. The Morgan fingerprint density at radius 1 is 1.30 bits per heavy atom. The lowest BCUT2D eigenvalue weighted by molar-refractivity contribution is 0.218. The molecule has 0 bridgehead atoms. The van der Waals surface area contributed by atoms with E-state index in [4.69, 9.17) is 10.5 Å². The van der Waals surface area contributed by atoms with Crippen molar-refractivity contribution in [3.8, 4) is 5.75 Å². The number of ether oxygens (including phenoxy) is 1. The first-order valence-corrected chi connectivity index (χ1v) is 8.26. The van der Waals surface area contributed by atoms with Crippen LogP contribution in [0, 0.1) is 11.8 Å². The SMILES string of the molecule is CCC1CCC(N)C(CCc2ccc3c(c2)CCO3)C1. The topological polar surface area (TPSA) is 35.2 Å². The maximum Gasteiger partial charge on any atom is 0.122 e. The Morgan fingerprint density at radius 2 is 2.20 bits per heavy atom. The first-order valence-electron chi connectivity index (χ1n) is 8.26. The van der Waals surface area contributed by atoms with Crippen molar-refractivity contribution >= 4 is 0 Å². The highest BCUT2D eigenvalue weighted by molar-refractivity contribution is 5.39. The maximum absolute atomic E-state index is 6.33. The van der Waals surface area contributed by atoms with Gasteiger partial charge in [-0.15, -0.1) is 0 Å². The molecule has 3 rings (SSSR count). The Bertz CT molecular complexity index is 457. The van der Waals surface area contributed by atoms with Crippen LogP contribution in [0.25, 0.3) is 0 Å². The molecule has 3 unspecified atom stereocenters. The second-order valence-electron chi connectivity index (χ2n) is 6.59. The Morgan fingerprint density at radius 3 is 3.05 bits per heavy atom. The van der Waals surface area contributed by atoms with Gasteiger partial charge in [-0.05, 0) is 61.1 Å². The number of hydrogen-bond donors (Lipinski definition) is 1. The van der Waals surface area contributed by atoms with Gasteiger partial charge in [-0.2, -0.15) is 0 Å². The van der Waals surface area contributed by atoms with Gasteiger partial charge in [-0.25, -0.2) is 0 Å². The number of nitrogens with two attached hydrogens (primary N) is 1. The smallest absolute Gasteiger partial charge is 0.122 e. The molecule has 1 aromatic rings. The quantitative estimate of drug-likeness (QED) is 0.907. The van der Waals surface area contributed by atoms with E-state index in [-0.39, 0.29) is 0 Å². The molecule has 0 amide bonds. The third-order valence-corrected chi connectivity index (χ3v) is 5.28. The van der Waals surface area contributed by atoms with E-state index in [9.17, 15) is 0 Å². The van der Waals surface area contributed by atoms with Crippen LogP contribution in [0.4, 0.5) is 0 Å².